The second kappa shape index (κ2) is 6.41. The quantitative estimate of drug-likeness (QED) is 0.834. The first-order valence-electron chi connectivity index (χ1n) is 7.53. The number of carbonyl (C=O) groups is 1. The topological polar surface area (TPSA) is 58.6 Å². The lowest BCUT2D eigenvalue weighted by Crippen LogP contribution is -2.40. The molecular formula is C17H21NO3. The Balaban J connectivity index is 1.64. The summed E-state index contributed by atoms with van der Waals surface area (Å²) in [5.41, 5.74) is 3.85. The summed E-state index contributed by atoms with van der Waals surface area (Å²) in [5, 5.41) is 12.7. The van der Waals surface area contributed by atoms with Crippen molar-refractivity contribution in [3.05, 3.63) is 47.0 Å². The van der Waals surface area contributed by atoms with E-state index in [4.69, 9.17) is 4.74 Å². The smallest absolute Gasteiger partial charge is 0.308 e. The molecule has 3 rings (SSSR count). The van der Waals surface area contributed by atoms with Gasteiger partial charge in [0.2, 0.25) is 0 Å². The third kappa shape index (κ3) is 3.34. The van der Waals surface area contributed by atoms with Gasteiger partial charge < -0.3 is 15.2 Å². The fourth-order valence-electron chi connectivity index (χ4n) is 3.09. The molecule has 1 aromatic rings. The van der Waals surface area contributed by atoms with Gasteiger partial charge in [0.1, 0.15) is 0 Å². The molecule has 1 aliphatic heterocycles. The molecule has 0 amide bonds. The number of nitrogens with one attached hydrogen (secondary N) is 1. The highest BCUT2D eigenvalue weighted by Gasteiger charge is 2.28. The Morgan fingerprint density at radius 3 is 3.00 bits per heavy atom. The van der Waals surface area contributed by atoms with E-state index in [1.807, 2.05) is 6.08 Å². The van der Waals surface area contributed by atoms with Gasteiger partial charge in [-0.15, -0.1) is 0 Å². The zero-order valence-corrected chi connectivity index (χ0v) is 12.0. The van der Waals surface area contributed by atoms with Crippen molar-refractivity contribution in [3.63, 3.8) is 0 Å². The molecule has 1 aromatic carbocycles. The van der Waals surface area contributed by atoms with Crippen LogP contribution in [0.1, 0.15) is 29.5 Å². The van der Waals surface area contributed by atoms with Crippen LogP contribution >= 0.6 is 0 Å². The maximum absolute atomic E-state index is 11.3. The highest BCUT2D eigenvalue weighted by molar-refractivity contribution is 5.71. The van der Waals surface area contributed by atoms with Crippen LogP contribution in [0.15, 0.2) is 30.4 Å². The molecule has 0 bridgehead atoms. The Morgan fingerprint density at radius 1 is 1.29 bits per heavy atom. The third-order valence-corrected chi connectivity index (χ3v) is 4.36. The molecule has 4 heteroatoms. The van der Waals surface area contributed by atoms with E-state index in [0.717, 1.165) is 26.0 Å². The number of hydrogen-bond donors (Lipinski definition) is 2. The van der Waals surface area contributed by atoms with Crippen molar-refractivity contribution >= 4 is 5.97 Å². The zero-order valence-electron chi connectivity index (χ0n) is 12.0. The number of allylic oxidation sites excluding steroid dienone is 1. The maximum Gasteiger partial charge on any atom is 0.308 e. The predicted octanol–water partition coefficient (Wildman–Crippen LogP) is 2.27. The van der Waals surface area contributed by atoms with Gasteiger partial charge in [-0.05, 0) is 36.0 Å². The number of hydrogen-bond acceptors (Lipinski definition) is 3. The summed E-state index contributed by atoms with van der Waals surface area (Å²) in [6.07, 6.45) is 6.41. The molecule has 2 atom stereocenters. The van der Waals surface area contributed by atoms with E-state index in [1.165, 1.54) is 16.7 Å². The Kier molecular flexibility index (Phi) is 4.36. The van der Waals surface area contributed by atoms with Gasteiger partial charge in [0.25, 0.3) is 0 Å². The molecule has 0 aromatic heterocycles. The van der Waals surface area contributed by atoms with Crippen LogP contribution in [0.3, 0.4) is 0 Å². The SMILES string of the molecule is O=C(O)[C@@H]1CC=CC[C@@H]1NCc1ccc2c(c1)CCOC2. The van der Waals surface area contributed by atoms with Crippen LogP contribution in [0.4, 0.5) is 0 Å². The van der Waals surface area contributed by atoms with Crippen LogP contribution in [0, 0.1) is 5.92 Å². The average Bonchev–Trinajstić information content (AvgIpc) is 2.53. The van der Waals surface area contributed by atoms with E-state index in [1.54, 1.807) is 0 Å². The summed E-state index contributed by atoms with van der Waals surface area (Å²) < 4.78 is 5.44. The fraction of sp³-hybridized carbons (Fsp3) is 0.471. The van der Waals surface area contributed by atoms with Crippen molar-refractivity contribution in [2.24, 2.45) is 5.92 Å². The number of ether oxygens (including phenoxy) is 1. The number of fused-ring (bicyclic) bond motifs is 1. The third-order valence-electron chi connectivity index (χ3n) is 4.36. The van der Waals surface area contributed by atoms with Crippen LogP contribution < -0.4 is 5.32 Å². The van der Waals surface area contributed by atoms with Crippen molar-refractivity contribution in [1.82, 2.24) is 5.32 Å². The van der Waals surface area contributed by atoms with Gasteiger partial charge in [0.15, 0.2) is 0 Å². The van der Waals surface area contributed by atoms with E-state index in [0.29, 0.717) is 13.0 Å². The zero-order chi connectivity index (χ0) is 14.7. The average molecular weight is 287 g/mol. The highest BCUT2D eigenvalue weighted by Crippen LogP contribution is 2.21. The number of carboxylic acids is 1. The summed E-state index contributed by atoms with van der Waals surface area (Å²) in [6, 6.07) is 6.47. The minimum absolute atomic E-state index is 0.0202. The van der Waals surface area contributed by atoms with Gasteiger partial charge in [0.05, 0.1) is 19.1 Å². The standard InChI is InChI=1S/C17H21NO3/c19-17(20)15-3-1-2-4-16(15)18-10-12-5-6-14-11-21-8-7-13(14)9-12/h1-2,5-6,9,15-16,18H,3-4,7-8,10-11H2,(H,19,20)/t15-,16+/m1/s1. The molecule has 0 fully saturated rings. The molecule has 0 unspecified atom stereocenters. The van der Waals surface area contributed by atoms with E-state index in [-0.39, 0.29) is 12.0 Å². The molecule has 0 radical (unpaired) electrons. The molecule has 112 valence electrons. The van der Waals surface area contributed by atoms with Crippen molar-refractivity contribution in [2.45, 2.75) is 38.5 Å². The molecule has 0 spiro atoms. The summed E-state index contributed by atoms with van der Waals surface area (Å²) in [4.78, 5) is 11.3. The van der Waals surface area contributed by atoms with Gasteiger partial charge in [-0.1, -0.05) is 30.4 Å². The molecule has 4 nitrogen and oxygen atoms in total. The van der Waals surface area contributed by atoms with E-state index < -0.39 is 5.97 Å². The van der Waals surface area contributed by atoms with Gasteiger partial charge in [-0.25, -0.2) is 0 Å². The van der Waals surface area contributed by atoms with Crippen LogP contribution in [0.25, 0.3) is 0 Å². The van der Waals surface area contributed by atoms with Gasteiger partial charge in [0, 0.05) is 12.6 Å². The van der Waals surface area contributed by atoms with Crippen LogP contribution in [-0.4, -0.2) is 23.7 Å². The minimum atomic E-state index is -0.709. The first kappa shape index (κ1) is 14.3. The first-order chi connectivity index (χ1) is 10.2. The van der Waals surface area contributed by atoms with Gasteiger partial charge in [-0.2, -0.15) is 0 Å². The Labute approximate surface area is 124 Å². The molecule has 2 aliphatic rings. The predicted molar refractivity (Wildman–Crippen MR) is 79.9 cm³/mol. The molecule has 0 saturated heterocycles. The lowest BCUT2D eigenvalue weighted by Gasteiger charge is -2.26. The second-order valence-electron chi connectivity index (χ2n) is 5.78. The molecular weight excluding hydrogens is 266 g/mol. The molecule has 1 heterocycles. The van der Waals surface area contributed by atoms with Crippen LogP contribution in [0.2, 0.25) is 0 Å². The maximum atomic E-state index is 11.3. The highest BCUT2D eigenvalue weighted by atomic mass is 16.5. The van der Waals surface area contributed by atoms with Crippen LogP contribution in [-0.2, 0) is 29.1 Å². The number of aliphatic carboxylic acids is 1. The lowest BCUT2D eigenvalue weighted by atomic mass is 9.89. The summed E-state index contributed by atoms with van der Waals surface area (Å²) >= 11 is 0. The largest absolute Gasteiger partial charge is 0.481 e. The minimum Gasteiger partial charge on any atom is -0.481 e. The van der Waals surface area contributed by atoms with Gasteiger partial charge >= 0.3 is 5.97 Å². The number of rotatable bonds is 4. The second-order valence-corrected chi connectivity index (χ2v) is 5.78. The van der Waals surface area contributed by atoms with E-state index >= 15 is 0 Å². The molecule has 21 heavy (non-hydrogen) atoms. The van der Waals surface area contributed by atoms with E-state index in [2.05, 4.69) is 29.6 Å². The van der Waals surface area contributed by atoms with Crippen LogP contribution in [0.5, 0.6) is 0 Å². The van der Waals surface area contributed by atoms with Crippen molar-refractivity contribution < 1.29 is 14.6 Å². The summed E-state index contributed by atoms with van der Waals surface area (Å²) in [5.74, 6) is -1.03. The Morgan fingerprint density at radius 2 is 2.14 bits per heavy atom. The van der Waals surface area contributed by atoms with Crippen molar-refractivity contribution in [1.29, 1.82) is 0 Å². The van der Waals surface area contributed by atoms with Crippen molar-refractivity contribution in [3.8, 4) is 0 Å². The monoisotopic (exact) mass is 287 g/mol. The summed E-state index contributed by atoms with van der Waals surface area (Å²) in [7, 11) is 0. The van der Waals surface area contributed by atoms with E-state index in [9.17, 15) is 9.90 Å². The normalized spacial score (nSPS) is 24.6. The summed E-state index contributed by atoms with van der Waals surface area (Å²) in [6.45, 7) is 2.21. The van der Waals surface area contributed by atoms with Crippen molar-refractivity contribution in [2.75, 3.05) is 6.61 Å². The molecule has 2 N–H and O–H groups in total. The number of carboxylic acid groups (broad SMARTS) is 1. The fourth-order valence-corrected chi connectivity index (χ4v) is 3.09. The Bertz CT molecular complexity index is 553. The molecule has 0 saturated carbocycles. The Hall–Kier alpha value is -1.65. The number of benzene rings is 1. The van der Waals surface area contributed by atoms with Gasteiger partial charge in [-0.3, -0.25) is 4.79 Å². The molecule has 1 aliphatic carbocycles. The lowest BCUT2D eigenvalue weighted by molar-refractivity contribution is -0.142. The first-order valence-corrected chi connectivity index (χ1v) is 7.53.